The van der Waals surface area contributed by atoms with Gasteiger partial charge < -0.3 is 11.1 Å². The molecular formula is C14H16BrF3N2O. The molecule has 116 valence electrons. The highest BCUT2D eigenvalue weighted by Gasteiger charge is 2.43. The number of amides is 1. The van der Waals surface area contributed by atoms with E-state index in [1.165, 1.54) is 6.07 Å². The smallest absolute Gasteiger partial charge is 0.327 e. The van der Waals surface area contributed by atoms with Gasteiger partial charge in [0.15, 0.2) is 0 Å². The summed E-state index contributed by atoms with van der Waals surface area (Å²) in [5, 5.41) is 2.57. The number of hydrogen-bond acceptors (Lipinski definition) is 2. The molecule has 0 aliphatic heterocycles. The Labute approximate surface area is 129 Å². The lowest BCUT2D eigenvalue weighted by molar-refractivity contribution is -0.137. The second-order valence-corrected chi connectivity index (χ2v) is 6.42. The van der Waals surface area contributed by atoms with Crippen LogP contribution < -0.4 is 11.1 Å². The molecule has 0 aromatic heterocycles. The third-order valence-corrected chi connectivity index (χ3v) is 4.78. The predicted octanol–water partition coefficient (Wildman–Crippen LogP) is 3.92. The molecule has 0 bridgehead atoms. The summed E-state index contributed by atoms with van der Waals surface area (Å²) in [7, 11) is 0. The summed E-state index contributed by atoms with van der Waals surface area (Å²) in [6.45, 7) is 1.75. The fraction of sp³-hybridized carbons (Fsp3) is 0.500. The van der Waals surface area contributed by atoms with Crippen LogP contribution in [-0.4, -0.2) is 11.9 Å². The molecule has 1 aliphatic rings. The van der Waals surface area contributed by atoms with E-state index in [2.05, 4.69) is 21.2 Å². The van der Waals surface area contributed by atoms with Crippen molar-refractivity contribution in [1.82, 2.24) is 0 Å². The third-order valence-electron chi connectivity index (χ3n) is 4.09. The summed E-state index contributed by atoms with van der Waals surface area (Å²) in [6, 6.07) is 2.88. The molecule has 3 nitrogen and oxygen atoms in total. The first-order valence-electron chi connectivity index (χ1n) is 6.58. The van der Waals surface area contributed by atoms with Crippen molar-refractivity contribution in [3.8, 4) is 0 Å². The van der Waals surface area contributed by atoms with Crippen molar-refractivity contribution in [3.63, 3.8) is 0 Å². The van der Waals surface area contributed by atoms with Crippen molar-refractivity contribution < 1.29 is 18.0 Å². The molecule has 2 rings (SSSR count). The molecule has 1 fully saturated rings. The Morgan fingerprint density at radius 2 is 2.14 bits per heavy atom. The lowest BCUT2D eigenvalue weighted by atomic mass is 9.84. The second kappa shape index (κ2) is 5.61. The van der Waals surface area contributed by atoms with E-state index < -0.39 is 17.2 Å². The molecule has 21 heavy (non-hydrogen) atoms. The van der Waals surface area contributed by atoms with Crippen LogP contribution in [0.25, 0.3) is 0 Å². The summed E-state index contributed by atoms with van der Waals surface area (Å²) in [5.41, 5.74) is 4.51. The minimum atomic E-state index is -4.45. The van der Waals surface area contributed by atoms with Gasteiger partial charge in [0.05, 0.1) is 16.7 Å². The zero-order valence-corrected chi connectivity index (χ0v) is 13.0. The number of hydrogen-bond donors (Lipinski definition) is 2. The average molecular weight is 365 g/mol. The maximum absolute atomic E-state index is 12.7. The monoisotopic (exact) mass is 364 g/mol. The van der Waals surface area contributed by atoms with Gasteiger partial charge >= 0.3 is 6.18 Å². The van der Waals surface area contributed by atoms with Gasteiger partial charge in [-0.15, -0.1) is 0 Å². The van der Waals surface area contributed by atoms with Crippen molar-refractivity contribution in [3.05, 3.63) is 28.2 Å². The van der Waals surface area contributed by atoms with Crippen LogP contribution in [0.4, 0.5) is 18.9 Å². The molecule has 1 aromatic rings. The van der Waals surface area contributed by atoms with Gasteiger partial charge in [-0.05, 0) is 53.9 Å². The predicted molar refractivity (Wildman–Crippen MR) is 77.7 cm³/mol. The molecule has 1 saturated carbocycles. The first-order valence-corrected chi connectivity index (χ1v) is 7.37. The quantitative estimate of drug-likeness (QED) is 0.835. The van der Waals surface area contributed by atoms with E-state index in [1.54, 1.807) is 6.92 Å². The molecule has 0 spiro atoms. The Kier molecular flexibility index (Phi) is 4.35. The molecule has 7 heteroatoms. The molecule has 1 aliphatic carbocycles. The highest BCUT2D eigenvalue weighted by atomic mass is 79.9. The van der Waals surface area contributed by atoms with Crippen molar-refractivity contribution in [2.45, 2.75) is 38.4 Å². The van der Waals surface area contributed by atoms with Crippen molar-refractivity contribution in [2.75, 3.05) is 5.32 Å². The Balaban J connectivity index is 2.25. The highest BCUT2D eigenvalue weighted by molar-refractivity contribution is 9.10. The second-order valence-electron chi connectivity index (χ2n) is 5.56. The molecule has 0 heterocycles. The van der Waals surface area contributed by atoms with Crippen molar-refractivity contribution in [1.29, 1.82) is 0 Å². The summed E-state index contributed by atoms with van der Waals surface area (Å²) in [4.78, 5) is 12.4. The first-order chi connectivity index (χ1) is 9.64. The third kappa shape index (κ3) is 3.23. The van der Waals surface area contributed by atoms with Gasteiger partial charge in [0.1, 0.15) is 0 Å². The molecule has 1 aromatic carbocycles. The standard InChI is InChI=1S/C14H16BrF3N2O/c1-13(6-2-3-11(13)19)12(21)20-10-7-8(14(16,17)18)4-5-9(10)15/h4-5,7,11H,2-3,6,19H2,1H3,(H,20,21). The minimum absolute atomic E-state index is 0.107. The molecule has 0 radical (unpaired) electrons. The lowest BCUT2D eigenvalue weighted by Gasteiger charge is -2.27. The number of carbonyl (C=O) groups excluding carboxylic acids is 1. The van der Waals surface area contributed by atoms with E-state index in [0.717, 1.165) is 25.0 Å². The summed E-state index contributed by atoms with van der Waals surface area (Å²) >= 11 is 3.15. The van der Waals surface area contributed by atoms with Gasteiger partial charge in [-0.1, -0.05) is 6.42 Å². The highest BCUT2D eigenvalue weighted by Crippen LogP contribution is 2.39. The van der Waals surface area contributed by atoms with E-state index >= 15 is 0 Å². The van der Waals surface area contributed by atoms with Crippen LogP contribution in [0, 0.1) is 5.41 Å². The van der Waals surface area contributed by atoms with Crippen LogP contribution in [0.5, 0.6) is 0 Å². The van der Waals surface area contributed by atoms with Crippen LogP contribution in [0.3, 0.4) is 0 Å². The van der Waals surface area contributed by atoms with Gasteiger partial charge in [0.2, 0.25) is 5.91 Å². The molecule has 3 N–H and O–H groups in total. The molecule has 2 atom stereocenters. The van der Waals surface area contributed by atoms with Crippen molar-refractivity contribution >= 4 is 27.5 Å². The van der Waals surface area contributed by atoms with E-state index in [9.17, 15) is 18.0 Å². The van der Waals surface area contributed by atoms with Gasteiger partial charge in [-0.2, -0.15) is 13.2 Å². The van der Waals surface area contributed by atoms with Crippen LogP contribution in [-0.2, 0) is 11.0 Å². The number of rotatable bonds is 2. The zero-order chi connectivity index (χ0) is 15.8. The maximum Gasteiger partial charge on any atom is 0.416 e. The number of anilines is 1. The van der Waals surface area contributed by atoms with Gasteiger partial charge in [-0.3, -0.25) is 4.79 Å². The lowest BCUT2D eigenvalue weighted by Crippen LogP contribution is -2.44. The Morgan fingerprint density at radius 3 is 2.67 bits per heavy atom. The average Bonchev–Trinajstić information content (AvgIpc) is 2.72. The van der Waals surface area contributed by atoms with E-state index in [1.807, 2.05) is 0 Å². The number of alkyl halides is 3. The summed E-state index contributed by atoms with van der Waals surface area (Å²) in [5.74, 6) is -0.340. The number of nitrogens with one attached hydrogen (secondary N) is 1. The van der Waals surface area contributed by atoms with E-state index in [4.69, 9.17) is 5.73 Å². The van der Waals surface area contributed by atoms with Crippen LogP contribution in [0.1, 0.15) is 31.7 Å². The number of carbonyl (C=O) groups is 1. The zero-order valence-electron chi connectivity index (χ0n) is 11.4. The van der Waals surface area contributed by atoms with Crippen LogP contribution in [0.15, 0.2) is 22.7 Å². The number of nitrogens with two attached hydrogens (primary N) is 1. The normalized spacial score (nSPS) is 25.9. The van der Waals surface area contributed by atoms with Gasteiger partial charge in [0.25, 0.3) is 0 Å². The summed E-state index contributed by atoms with van der Waals surface area (Å²) < 4.78 is 38.6. The molecule has 1 amide bonds. The van der Waals surface area contributed by atoms with Gasteiger partial charge in [0, 0.05) is 10.5 Å². The van der Waals surface area contributed by atoms with Crippen LogP contribution >= 0.6 is 15.9 Å². The van der Waals surface area contributed by atoms with E-state index in [0.29, 0.717) is 10.9 Å². The SMILES string of the molecule is CC1(C(=O)Nc2cc(C(F)(F)F)ccc2Br)CCCC1N. The van der Waals surface area contributed by atoms with Gasteiger partial charge in [-0.25, -0.2) is 0 Å². The van der Waals surface area contributed by atoms with Crippen LogP contribution in [0.2, 0.25) is 0 Å². The number of benzene rings is 1. The molecular weight excluding hydrogens is 349 g/mol. The Morgan fingerprint density at radius 1 is 1.48 bits per heavy atom. The van der Waals surface area contributed by atoms with E-state index in [-0.39, 0.29) is 17.6 Å². The Hall–Kier alpha value is -1.08. The fourth-order valence-corrected chi connectivity index (χ4v) is 2.88. The molecule has 0 saturated heterocycles. The Bertz CT molecular complexity index is 562. The maximum atomic E-state index is 12.7. The molecule has 2 unspecified atom stereocenters. The minimum Gasteiger partial charge on any atom is -0.327 e. The van der Waals surface area contributed by atoms with Crippen molar-refractivity contribution in [2.24, 2.45) is 11.1 Å². The largest absolute Gasteiger partial charge is 0.416 e. The topological polar surface area (TPSA) is 55.1 Å². The first kappa shape index (κ1) is 16.3. The number of halogens is 4. The summed E-state index contributed by atoms with van der Waals surface area (Å²) in [6.07, 6.45) is -2.23. The fourth-order valence-electron chi connectivity index (χ4n) is 2.54.